The third-order valence-electron chi connectivity index (χ3n) is 2.03. The molecule has 0 rings (SSSR count). The van der Waals surface area contributed by atoms with Gasteiger partial charge in [0.05, 0.1) is 10.5 Å². The topological polar surface area (TPSA) is 43.4 Å². The highest BCUT2D eigenvalue weighted by Gasteiger charge is 2.28. The fourth-order valence-corrected chi connectivity index (χ4v) is 2.80. The van der Waals surface area contributed by atoms with Gasteiger partial charge in [0.2, 0.25) is 0 Å². The maximum absolute atomic E-state index is 11.7. The minimum Gasteiger partial charge on any atom is -0.418 e. The minimum atomic E-state index is -2.98. The number of hydrogen-bond donors (Lipinski definition) is 0. The van der Waals surface area contributed by atoms with Crippen molar-refractivity contribution in [1.29, 1.82) is 0 Å². The van der Waals surface area contributed by atoms with Crippen molar-refractivity contribution in [2.75, 3.05) is 12.4 Å². The van der Waals surface area contributed by atoms with Gasteiger partial charge < -0.3 is 4.43 Å². The van der Waals surface area contributed by atoms with Gasteiger partial charge in [-0.2, -0.15) is 0 Å². The van der Waals surface area contributed by atoms with Gasteiger partial charge in [-0.15, -0.1) is 0 Å². The molecular formula is C10H24O3SSi. The lowest BCUT2D eigenvalue weighted by molar-refractivity contribution is 0.311. The Kier molecular flexibility index (Phi) is 5.01. The zero-order chi connectivity index (χ0) is 12.3. The molecule has 0 saturated heterocycles. The van der Waals surface area contributed by atoms with E-state index in [4.69, 9.17) is 4.43 Å². The second-order valence-corrected chi connectivity index (χ2v) is 13.1. The molecule has 3 nitrogen and oxygen atoms in total. The molecule has 0 fully saturated rings. The lowest BCUT2D eigenvalue weighted by Crippen LogP contribution is -2.32. The van der Waals surface area contributed by atoms with Crippen LogP contribution in [0, 0.1) is 0 Å². The maximum Gasteiger partial charge on any atom is 0.183 e. The quantitative estimate of drug-likeness (QED) is 0.557. The molecule has 0 aromatic rings. The summed E-state index contributed by atoms with van der Waals surface area (Å²) in [5.41, 5.74) is 0. The first-order valence-electron chi connectivity index (χ1n) is 5.32. The van der Waals surface area contributed by atoms with Gasteiger partial charge in [0.1, 0.15) is 0 Å². The van der Waals surface area contributed by atoms with Crippen LogP contribution in [0.25, 0.3) is 0 Å². The molecule has 0 atom stereocenters. The van der Waals surface area contributed by atoms with Crippen LogP contribution < -0.4 is 0 Å². The third-order valence-corrected chi connectivity index (χ3v) is 5.79. The lowest BCUT2D eigenvalue weighted by atomic mass is 10.3. The van der Waals surface area contributed by atoms with E-state index in [1.165, 1.54) is 0 Å². The van der Waals surface area contributed by atoms with Crippen LogP contribution in [0.15, 0.2) is 0 Å². The van der Waals surface area contributed by atoms with Crippen molar-refractivity contribution in [3.8, 4) is 0 Å². The summed E-state index contributed by atoms with van der Waals surface area (Å²) in [6.45, 7) is 12.1. The Morgan fingerprint density at radius 1 is 1.13 bits per heavy atom. The molecular weight excluding hydrogens is 228 g/mol. The predicted octanol–water partition coefficient (Wildman–Crippen LogP) is 2.44. The fraction of sp³-hybridized carbons (Fsp3) is 1.00. The Hall–Kier alpha value is 0.127. The highest BCUT2D eigenvalue weighted by atomic mass is 32.2. The van der Waals surface area contributed by atoms with E-state index in [-0.39, 0.29) is 5.75 Å². The molecule has 0 aliphatic rings. The van der Waals surface area contributed by atoms with Crippen LogP contribution in [0.5, 0.6) is 0 Å². The van der Waals surface area contributed by atoms with Crippen molar-refractivity contribution < 1.29 is 12.8 Å². The molecule has 0 aliphatic heterocycles. The molecule has 15 heavy (non-hydrogen) atoms. The van der Waals surface area contributed by atoms with Crippen molar-refractivity contribution in [2.45, 2.75) is 51.6 Å². The Labute approximate surface area is 95.3 Å². The average Bonchev–Trinajstić information content (AvgIpc) is 1.94. The van der Waals surface area contributed by atoms with Crippen molar-refractivity contribution in [3.05, 3.63) is 0 Å². The average molecular weight is 252 g/mol. The van der Waals surface area contributed by atoms with E-state index >= 15 is 0 Å². The van der Waals surface area contributed by atoms with Crippen LogP contribution in [0.3, 0.4) is 0 Å². The summed E-state index contributed by atoms with van der Waals surface area (Å²) in [5.74, 6) is 0.223. The highest BCUT2D eigenvalue weighted by Crippen LogP contribution is 2.17. The monoisotopic (exact) mass is 252 g/mol. The summed E-state index contributed by atoms with van der Waals surface area (Å²) in [6, 6.07) is 0. The number of rotatable bonds is 5. The number of sulfone groups is 1. The summed E-state index contributed by atoms with van der Waals surface area (Å²) in [5, 5.41) is 0. The Morgan fingerprint density at radius 2 is 1.60 bits per heavy atom. The molecule has 0 aromatic carbocycles. The van der Waals surface area contributed by atoms with E-state index in [9.17, 15) is 8.42 Å². The van der Waals surface area contributed by atoms with E-state index in [0.717, 1.165) is 0 Å². The van der Waals surface area contributed by atoms with Crippen LogP contribution in [-0.2, 0) is 14.3 Å². The van der Waals surface area contributed by atoms with Crippen LogP contribution >= 0.6 is 0 Å². The van der Waals surface area contributed by atoms with Gasteiger partial charge in [-0.25, -0.2) is 8.42 Å². The van der Waals surface area contributed by atoms with Gasteiger partial charge in [0, 0.05) is 6.61 Å². The van der Waals surface area contributed by atoms with Crippen LogP contribution in [0.1, 0.15) is 27.2 Å². The molecule has 0 spiro atoms. The minimum absolute atomic E-state index is 0.223. The normalized spacial score (nSPS) is 14.3. The molecule has 0 heterocycles. The van der Waals surface area contributed by atoms with Crippen LogP contribution in [0.4, 0.5) is 0 Å². The van der Waals surface area contributed by atoms with Crippen molar-refractivity contribution in [3.63, 3.8) is 0 Å². The molecule has 0 saturated carbocycles. The lowest BCUT2D eigenvalue weighted by Gasteiger charge is -2.20. The van der Waals surface area contributed by atoms with Crippen LogP contribution in [0.2, 0.25) is 19.6 Å². The summed E-state index contributed by atoms with van der Waals surface area (Å²) < 4.78 is 28.4. The summed E-state index contributed by atoms with van der Waals surface area (Å²) in [4.78, 5) is 0. The molecule has 5 heteroatoms. The largest absolute Gasteiger partial charge is 0.418 e. The smallest absolute Gasteiger partial charge is 0.183 e. The number of hydrogen-bond acceptors (Lipinski definition) is 3. The van der Waals surface area contributed by atoms with E-state index in [2.05, 4.69) is 19.6 Å². The first-order chi connectivity index (χ1) is 6.46. The van der Waals surface area contributed by atoms with Gasteiger partial charge in [0.15, 0.2) is 18.2 Å². The predicted molar refractivity (Wildman–Crippen MR) is 67.5 cm³/mol. The molecule has 0 aliphatic carbocycles. The summed E-state index contributed by atoms with van der Waals surface area (Å²) in [6.07, 6.45) is 0.601. The van der Waals surface area contributed by atoms with E-state index in [1.807, 2.05) is 0 Å². The van der Waals surface area contributed by atoms with Gasteiger partial charge >= 0.3 is 0 Å². The first kappa shape index (κ1) is 15.1. The molecule has 0 bridgehead atoms. The van der Waals surface area contributed by atoms with E-state index < -0.39 is 22.9 Å². The fourth-order valence-electron chi connectivity index (χ4n) is 0.933. The van der Waals surface area contributed by atoms with Gasteiger partial charge in [-0.3, -0.25) is 0 Å². The van der Waals surface area contributed by atoms with Crippen molar-refractivity contribution in [1.82, 2.24) is 0 Å². The summed E-state index contributed by atoms with van der Waals surface area (Å²) >= 11 is 0. The van der Waals surface area contributed by atoms with E-state index in [0.29, 0.717) is 13.0 Å². The molecule has 0 aromatic heterocycles. The standard InChI is InChI=1S/C10H24O3SSi/c1-10(2,3)14(11,12)9-7-8-13-15(4,5)6/h7-9H2,1-6H3. The zero-order valence-electron chi connectivity index (χ0n) is 10.8. The van der Waals surface area contributed by atoms with Gasteiger partial charge in [-0.05, 0) is 46.8 Å². The Bertz CT molecular complexity index is 283. The van der Waals surface area contributed by atoms with Gasteiger partial charge in [0.25, 0.3) is 0 Å². The summed E-state index contributed by atoms with van der Waals surface area (Å²) in [7, 11) is -4.47. The van der Waals surface area contributed by atoms with Gasteiger partial charge in [-0.1, -0.05) is 0 Å². The van der Waals surface area contributed by atoms with Crippen molar-refractivity contribution >= 4 is 18.2 Å². The van der Waals surface area contributed by atoms with Crippen LogP contribution in [-0.4, -0.2) is 33.8 Å². The zero-order valence-corrected chi connectivity index (χ0v) is 12.6. The molecule has 0 amide bonds. The molecule has 0 N–H and O–H groups in total. The molecule has 0 unspecified atom stereocenters. The highest BCUT2D eigenvalue weighted by molar-refractivity contribution is 7.92. The third kappa shape index (κ3) is 6.32. The molecule has 92 valence electrons. The first-order valence-corrected chi connectivity index (χ1v) is 10.4. The Morgan fingerprint density at radius 3 is 1.93 bits per heavy atom. The molecule has 0 radical (unpaired) electrons. The maximum atomic E-state index is 11.7. The second-order valence-electron chi connectivity index (χ2n) is 5.75. The van der Waals surface area contributed by atoms with E-state index in [1.54, 1.807) is 20.8 Å². The van der Waals surface area contributed by atoms with Crippen molar-refractivity contribution in [2.24, 2.45) is 0 Å². The SMILES string of the molecule is CC(C)(C)S(=O)(=O)CCCO[Si](C)(C)C. The second kappa shape index (κ2) is 4.97. The Balaban J connectivity index is 3.99.